The highest BCUT2D eigenvalue weighted by atomic mass is 16.6. The van der Waals surface area contributed by atoms with E-state index in [1.165, 1.54) is 0 Å². The standard InChI is InChI=1S/C28H37NO5/c1-20(25(30)33-27(2,3)4)17-23(29-26(31)34-28(5,6)7)18-21-13-15-24(16-14-21)32-19-22-11-9-8-10-12-22/h8-17,23H,18-19H2,1-7H3,(H,29,31)/b20-17-/t23-/m1/s1. The van der Waals surface area contributed by atoms with Crippen LogP contribution in [0.3, 0.4) is 0 Å². The minimum atomic E-state index is -0.629. The Bertz CT molecular complexity index is 967. The Morgan fingerprint density at radius 1 is 0.853 bits per heavy atom. The summed E-state index contributed by atoms with van der Waals surface area (Å²) in [5, 5.41) is 2.86. The summed E-state index contributed by atoms with van der Waals surface area (Å²) in [4.78, 5) is 24.9. The summed E-state index contributed by atoms with van der Waals surface area (Å²) in [5.41, 5.74) is 1.25. The van der Waals surface area contributed by atoms with Crippen molar-refractivity contribution in [2.75, 3.05) is 0 Å². The third-order valence-corrected chi connectivity index (χ3v) is 4.50. The summed E-state index contributed by atoms with van der Waals surface area (Å²) >= 11 is 0. The van der Waals surface area contributed by atoms with Crippen LogP contribution in [0, 0.1) is 0 Å². The van der Waals surface area contributed by atoms with Gasteiger partial charge in [-0.1, -0.05) is 48.5 Å². The molecule has 6 nitrogen and oxygen atoms in total. The summed E-state index contributed by atoms with van der Waals surface area (Å²) < 4.78 is 16.7. The van der Waals surface area contributed by atoms with E-state index >= 15 is 0 Å². The SMILES string of the molecule is C/C(=C/[C@H](Cc1ccc(OCc2ccccc2)cc1)NC(=O)OC(C)(C)C)C(=O)OC(C)(C)C. The molecule has 0 spiro atoms. The first-order valence-corrected chi connectivity index (χ1v) is 11.5. The second-order valence-electron chi connectivity index (χ2n) is 10.2. The van der Waals surface area contributed by atoms with Gasteiger partial charge in [0.2, 0.25) is 0 Å². The fourth-order valence-corrected chi connectivity index (χ4v) is 3.06. The van der Waals surface area contributed by atoms with Gasteiger partial charge in [-0.05, 0) is 78.1 Å². The highest BCUT2D eigenvalue weighted by Gasteiger charge is 2.22. The molecule has 2 rings (SSSR count). The average Bonchev–Trinajstić information content (AvgIpc) is 2.71. The third kappa shape index (κ3) is 10.6. The molecule has 1 atom stereocenters. The molecule has 0 aliphatic heterocycles. The normalized spacial score (nSPS) is 13.1. The molecule has 2 aromatic carbocycles. The van der Waals surface area contributed by atoms with Crippen molar-refractivity contribution in [1.29, 1.82) is 0 Å². The maximum atomic E-state index is 12.4. The van der Waals surface area contributed by atoms with E-state index in [1.807, 2.05) is 75.4 Å². The molecule has 1 N–H and O–H groups in total. The van der Waals surface area contributed by atoms with Crippen LogP contribution in [-0.2, 0) is 27.3 Å². The molecule has 0 aromatic heterocycles. The van der Waals surface area contributed by atoms with E-state index < -0.39 is 29.3 Å². The zero-order valence-corrected chi connectivity index (χ0v) is 21.3. The molecule has 0 bridgehead atoms. The molecule has 0 fully saturated rings. The van der Waals surface area contributed by atoms with Gasteiger partial charge >= 0.3 is 12.1 Å². The Morgan fingerprint density at radius 2 is 1.44 bits per heavy atom. The summed E-state index contributed by atoms with van der Waals surface area (Å²) in [7, 11) is 0. The van der Waals surface area contributed by atoms with Crippen molar-refractivity contribution >= 4 is 12.1 Å². The molecule has 0 saturated carbocycles. The minimum absolute atomic E-state index is 0.416. The smallest absolute Gasteiger partial charge is 0.408 e. The molecule has 0 aliphatic rings. The van der Waals surface area contributed by atoms with Crippen molar-refractivity contribution in [3.05, 3.63) is 77.4 Å². The molecule has 0 unspecified atom stereocenters. The number of hydrogen-bond donors (Lipinski definition) is 1. The molecule has 0 saturated heterocycles. The summed E-state index contributed by atoms with van der Waals surface area (Å²) in [6, 6.07) is 17.2. The van der Waals surface area contributed by atoms with Crippen LogP contribution >= 0.6 is 0 Å². The van der Waals surface area contributed by atoms with Gasteiger partial charge in [0.25, 0.3) is 0 Å². The lowest BCUT2D eigenvalue weighted by atomic mass is 10.0. The number of ether oxygens (including phenoxy) is 3. The van der Waals surface area contributed by atoms with Crippen LogP contribution in [0.15, 0.2) is 66.2 Å². The number of amides is 1. The van der Waals surface area contributed by atoms with Crippen LogP contribution in [0.25, 0.3) is 0 Å². The first kappa shape index (κ1) is 27.0. The molecule has 0 heterocycles. The molecular weight excluding hydrogens is 430 g/mol. The fraction of sp³-hybridized carbons (Fsp3) is 0.429. The Hall–Kier alpha value is -3.28. The Balaban J connectivity index is 2.11. The number of hydrogen-bond acceptors (Lipinski definition) is 5. The van der Waals surface area contributed by atoms with Gasteiger partial charge in [-0.2, -0.15) is 0 Å². The van der Waals surface area contributed by atoms with Crippen LogP contribution in [0.1, 0.15) is 59.6 Å². The average molecular weight is 468 g/mol. The molecule has 184 valence electrons. The van der Waals surface area contributed by atoms with Gasteiger partial charge in [-0.25, -0.2) is 9.59 Å². The second-order valence-corrected chi connectivity index (χ2v) is 10.2. The van der Waals surface area contributed by atoms with Gasteiger partial charge < -0.3 is 19.5 Å². The van der Waals surface area contributed by atoms with Gasteiger partial charge in [0.1, 0.15) is 23.6 Å². The molecule has 1 amide bonds. The van der Waals surface area contributed by atoms with E-state index in [0.717, 1.165) is 16.9 Å². The van der Waals surface area contributed by atoms with Crippen LogP contribution in [0.2, 0.25) is 0 Å². The van der Waals surface area contributed by atoms with E-state index in [4.69, 9.17) is 14.2 Å². The topological polar surface area (TPSA) is 73.9 Å². The van der Waals surface area contributed by atoms with E-state index in [9.17, 15) is 9.59 Å². The van der Waals surface area contributed by atoms with Crippen LogP contribution in [0.5, 0.6) is 5.75 Å². The van der Waals surface area contributed by atoms with E-state index in [0.29, 0.717) is 18.6 Å². The van der Waals surface area contributed by atoms with Crippen molar-refractivity contribution in [2.24, 2.45) is 0 Å². The van der Waals surface area contributed by atoms with E-state index in [1.54, 1.807) is 33.8 Å². The van der Waals surface area contributed by atoms with Gasteiger partial charge in [0.15, 0.2) is 0 Å². The van der Waals surface area contributed by atoms with Crippen molar-refractivity contribution in [1.82, 2.24) is 5.32 Å². The van der Waals surface area contributed by atoms with Gasteiger partial charge in [0.05, 0.1) is 6.04 Å². The number of nitrogens with one attached hydrogen (secondary N) is 1. The summed E-state index contributed by atoms with van der Waals surface area (Å²) in [6.45, 7) is 13.0. The first-order chi connectivity index (χ1) is 15.8. The Morgan fingerprint density at radius 3 is 2.00 bits per heavy atom. The third-order valence-electron chi connectivity index (χ3n) is 4.50. The number of rotatable bonds is 8. The van der Waals surface area contributed by atoms with E-state index in [2.05, 4.69) is 5.32 Å². The van der Waals surface area contributed by atoms with Gasteiger partial charge in [-0.15, -0.1) is 0 Å². The van der Waals surface area contributed by atoms with Crippen molar-refractivity contribution in [2.45, 2.75) is 78.7 Å². The molecule has 34 heavy (non-hydrogen) atoms. The highest BCUT2D eigenvalue weighted by Crippen LogP contribution is 2.17. The first-order valence-electron chi connectivity index (χ1n) is 11.5. The van der Waals surface area contributed by atoms with Crippen molar-refractivity contribution in [3.63, 3.8) is 0 Å². The Kier molecular flexibility index (Phi) is 9.30. The summed E-state index contributed by atoms with van der Waals surface area (Å²) in [5.74, 6) is 0.331. The number of alkyl carbamates (subject to hydrolysis) is 1. The molecule has 0 radical (unpaired) electrons. The highest BCUT2D eigenvalue weighted by molar-refractivity contribution is 5.88. The predicted molar refractivity (Wildman–Crippen MR) is 134 cm³/mol. The number of esters is 1. The quantitative estimate of drug-likeness (QED) is 0.381. The van der Waals surface area contributed by atoms with E-state index in [-0.39, 0.29) is 0 Å². The second kappa shape index (κ2) is 11.7. The lowest BCUT2D eigenvalue weighted by molar-refractivity contribution is -0.149. The van der Waals surface area contributed by atoms with Gasteiger partial charge in [0, 0.05) is 5.57 Å². The maximum Gasteiger partial charge on any atom is 0.408 e. The number of carbonyl (C=O) groups excluding carboxylic acids is 2. The minimum Gasteiger partial charge on any atom is -0.489 e. The molecule has 0 aliphatic carbocycles. The van der Waals surface area contributed by atoms with Gasteiger partial charge in [-0.3, -0.25) is 0 Å². The van der Waals surface area contributed by atoms with Crippen LogP contribution in [-0.4, -0.2) is 29.3 Å². The fourth-order valence-electron chi connectivity index (χ4n) is 3.06. The predicted octanol–water partition coefficient (Wildman–Crippen LogP) is 5.99. The zero-order valence-electron chi connectivity index (χ0n) is 21.3. The maximum absolute atomic E-state index is 12.4. The zero-order chi connectivity index (χ0) is 25.4. The largest absolute Gasteiger partial charge is 0.489 e. The number of carbonyl (C=O) groups is 2. The molecular formula is C28H37NO5. The monoisotopic (exact) mass is 467 g/mol. The van der Waals surface area contributed by atoms with Crippen LogP contribution < -0.4 is 10.1 Å². The van der Waals surface area contributed by atoms with Crippen molar-refractivity contribution in [3.8, 4) is 5.75 Å². The van der Waals surface area contributed by atoms with Crippen molar-refractivity contribution < 1.29 is 23.8 Å². The Labute approximate surface area is 203 Å². The molecule has 6 heteroatoms. The lowest BCUT2D eigenvalue weighted by Crippen LogP contribution is -2.39. The van der Waals surface area contributed by atoms with Crippen LogP contribution in [0.4, 0.5) is 4.79 Å². The number of benzene rings is 2. The lowest BCUT2D eigenvalue weighted by Gasteiger charge is -2.23. The summed E-state index contributed by atoms with van der Waals surface area (Å²) in [6.07, 6.45) is 1.63. The molecule has 2 aromatic rings.